The highest BCUT2D eigenvalue weighted by Crippen LogP contribution is 2.88. The van der Waals surface area contributed by atoms with E-state index in [0.717, 1.165) is 44.7 Å². The lowest BCUT2D eigenvalue weighted by atomic mass is 9.38. The average Bonchev–Trinajstić information content (AvgIpc) is 3.18. The molecule has 0 aromatic heterocycles. The third-order valence-corrected chi connectivity index (χ3v) is 9.39. The number of nitrogens with two attached hydrogens (primary N) is 1. The van der Waals surface area contributed by atoms with Gasteiger partial charge in [-0.15, -0.1) is 0 Å². The standard InChI is InChI=1S/C23H30N2O/c1-20-9-16-10-21(19(26)25-8-7-18(24)12-25)14-22(13-20,23(20,11-16)15-21)17-5-3-2-4-6-17/h2-6,16,18H,7-15,24H2,1H3/t16?,18-,20-,21?,22+,23?/m1/s1. The van der Waals surface area contributed by atoms with Gasteiger partial charge in [0.05, 0.1) is 5.41 Å². The van der Waals surface area contributed by atoms with Crippen LogP contribution in [0.15, 0.2) is 30.3 Å². The van der Waals surface area contributed by atoms with Crippen molar-refractivity contribution >= 4 is 5.91 Å². The maximum Gasteiger partial charge on any atom is 0.228 e. The van der Waals surface area contributed by atoms with Gasteiger partial charge < -0.3 is 10.6 Å². The predicted molar refractivity (Wildman–Crippen MR) is 101 cm³/mol. The average molecular weight is 351 g/mol. The summed E-state index contributed by atoms with van der Waals surface area (Å²) in [5.74, 6) is 1.20. The summed E-state index contributed by atoms with van der Waals surface area (Å²) in [5.41, 5.74) is 8.58. The number of carbonyl (C=O) groups excluding carboxylic acids is 1. The minimum atomic E-state index is -0.114. The van der Waals surface area contributed by atoms with E-state index in [-0.39, 0.29) is 16.9 Å². The molecule has 26 heavy (non-hydrogen) atoms. The molecule has 3 unspecified atom stereocenters. The molecule has 5 aliphatic rings. The zero-order chi connectivity index (χ0) is 17.8. The van der Waals surface area contributed by atoms with Crippen molar-refractivity contribution in [3.8, 4) is 0 Å². The molecule has 6 rings (SSSR count). The third-order valence-electron chi connectivity index (χ3n) is 9.39. The van der Waals surface area contributed by atoms with Crippen molar-refractivity contribution in [3.05, 3.63) is 35.9 Å². The van der Waals surface area contributed by atoms with Crippen molar-refractivity contribution in [2.45, 2.75) is 63.3 Å². The van der Waals surface area contributed by atoms with Crippen LogP contribution in [0.4, 0.5) is 0 Å². The fraction of sp³-hybridized carbons (Fsp3) is 0.696. The van der Waals surface area contributed by atoms with E-state index in [1.165, 1.54) is 24.8 Å². The molecule has 6 atom stereocenters. The zero-order valence-corrected chi connectivity index (χ0v) is 15.8. The first-order valence-corrected chi connectivity index (χ1v) is 10.5. The van der Waals surface area contributed by atoms with Gasteiger partial charge in [-0.1, -0.05) is 37.3 Å². The van der Waals surface area contributed by atoms with Crippen LogP contribution in [0.25, 0.3) is 0 Å². The van der Waals surface area contributed by atoms with Crippen molar-refractivity contribution < 1.29 is 4.79 Å². The summed E-state index contributed by atoms with van der Waals surface area (Å²) in [6, 6.07) is 11.4. The first-order valence-electron chi connectivity index (χ1n) is 10.5. The quantitative estimate of drug-likeness (QED) is 0.888. The van der Waals surface area contributed by atoms with Crippen LogP contribution in [0.1, 0.15) is 57.4 Å². The van der Waals surface area contributed by atoms with Gasteiger partial charge in [-0.3, -0.25) is 4.79 Å². The monoisotopic (exact) mass is 350 g/mol. The Morgan fingerprint density at radius 3 is 2.65 bits per heavy atom. The van der Waals surface area contributed by atoms with Gasteiger partial charge in [0.1, 0.15) is 0 Å². The van der Waals surface area contributed by atoms with Crippen LogP contribution in [-0.4, -0.2) is 29.9 Å². The Kier molecular flexibility index (Phi) is 2.74. The third kappa shape index (κ3) is 1.55. The smallest absolute Gasteiger partial charge is 0.228 e. The lowest BCUT2D eigenvalue weighted by Crippen LogP contribution is -2.61. The Hall–Kier alpha value is -1.35. The van der Waals surface area contributed by atoms with Gasteiger partial charge in [-0.05, 0) is 67.3 Å². The largest absolute Gasteiger partial charge is 0.341 e. The Morgan fingerprint density at radius 1 is 1.12 bits per heavy atom. The molecule has 0 radical (unpaired) electrons. The molecule has 5 fully saturated rings. The number of benzene rings is 1. The van der Waals surface area contributed by atoms with E-state index >= 15 is 0 Å². The van der Waals surface area contributed by atoms with E-state index in [9.17, 15) is 4.79 Å². The summed E-state index contributed by atoms with van der Waals surface area (Å²) in [6.45, 7) is 4.18. The van der Waals surface area contributed by atoms with Crippen molar-refractivity contribution in [2.24, 2.45) is 27.9 Å². The predicted octanol–water partition coefficient (Wildman–Crippen LogP) is 3.47. The van der Waals surface area contributed by atoms with Crippen LogP contribution in [0.3, 0.4) is 0 Å². The van der Waals surface area contributed by atoms with E-state index < -0.39 is 0 Å². The van der Waals surface area contributed by atoms with Crippen LogP contribution in [0, 0.1) is 22.2 Å². The number of amides is 1. The molecule has 3 heteroatoms. The molecule has 1 aromatic carbocycles. The molecule has 3 bridgehead atoms. The summed E-state index contributed by atoms with van der Waals surface area (Å²) >= 11 is 0. The topological polar surface area (TPSA) is 46.3 Å². The van der Waals surface area contributed by atoms with Gasteiger partial charge >= 0.3 is 0 Å². The van der Waals surface area contributed by atoms with Crippen molar-refractivity contribution in [3.63, 3.8) is 0 Å². The van der Waals surface area contributed by atoms with E-state index in [4.69, 9.17) is 5.73 Å². The van der Waals surface area contributed by atoms with Gasteiger partial charge in [-0.2, -0.15) is 0 Å². The molecular weight excluding hydrogens is 320 g/mol. The summed E-state index contributed by atoms with van der Waals surface area (Å²) in [7, 11) is 0. The van der Waals surface area contributed by atoms with Crippen LogP contribution in [0.5, 0.6) is 0 Å². The summed E-state index contributed by atoms with van der Waals surface area (Å²) < 4.78 is 0. The van der Waals surface area contributed by atoms with Crippen LogP contribution >= 0.6 is 0 Å². The molecule has 1 heterocycles. The summed E-state index contributed by atoms with van der Waals surface area (Å²) in [4.78, 5) is 15.9. The number of carbonyl (C=O) groups is 1. The second-order valence-corrected chi connectivity index (χ2v) is 10.7. The molecule has 1 aromatic rings. The second-order valence-electron chi connectivity index (χ2n) is 10.7. The zero-order valence-electron chi connectivity index (χ0n) is 15.8. The lowest BCUT2D eigenvalue weighted by molar-refractivity contribution is -0.144. The van der Waals surface area contributed by atoms with Crippen molar-refractivity contribution in [1.29, 1.82) is 0 Å². The maximum absolute atomic E-state index is 13.8. The van der Waals surface area contributed by atoms with Crippen LogP contribution < -0.4 is 5.73 Å². The molecule has 2 N–H and O–H groups in total. The van der Waals surface area contributed by atoms with Crippen LogP contribution in [0.2, 0.25) is 0 Å². The Labute approximate surface area is 156 Å². The Bertz CT molecular complexity index is 793. The number of likely N-dealkylation sites (tertiary alicyclic amines) is 1. The van der Waals surface area contributed by atoms with Crippen molar-refractivity contribution in [1.82, 2.24) is 4.90 Å². The fourth-order valence-corrected chi connectivity index (χ4v) is 8.92. The highest BCUT2D eigenvalue weighted by molar-refractivity contribution is 5.85. The summed E-state index contributed by atoms with van der Waals surface area (Å²) in [5, 5.41) is 0. The second kappa shape index (κ2) is 4.55. The van der Waals surface area contributed by atoms with Gasteiger partial charge in [0.15, 0.2) is 0 Å². The van der Waals surface area contributed by atoms with Gasteiger partial charge in [0, 0.05) is 24.5 Å². The number of nitrogens with zero attached hydrogens (tertiary/aromatic N) is 1. The van der Waals surface area contributed by atoms with Crippen LogP contribution in [-0.2, 0) is 10.2 Å². The van der Waals surface area contributed by atoms with Gasteiger partial charge in [0.2, 0.25) is 5.91 Å². The van der Waals surface area contributed by atoms with E-state index in [2.05, 4.69) is 42.2 Å². The minimum Gasteiger partial charge on any atom is -0.341 e. The molecule has 4 aliphatic carbocycles. The highest BCUT2D eigenvalue weighted by Gasteiger charge is 2.83. The molecule has 1 aliphatic heterocycles. The Morgan fingerprint density at radius 2 is 1.92 bits per heavy atom. The molecular formula is C23H30N2O. The van der Waals surface area contributed by atoms with Gasteiger partial charge in [-0.25, -0.2) is 0 Å². The lowest BCUT2D eigenvalue weighted by Gasteiger charge is -2.66. The number of hydrogen-bond donors (Lipinski definition) is 1. The summed E-state index contributed by atoms with van der Waals surface area (Å²) in [6.07, 6.45) is 8.30. The van der Waals surface area contributed by atoms with Gasteiger partial charge in [0.25, 0.3) is 0 Å². The Balaban J connectivity index is 1.46. The molecule has 1 spiro atoms. The van der Waals surface area contributed by atoms with E-state index in [1.54, 1.807) is 0 Å². The van der Waals surface area contributed by atoms with E-state index in [1.807, 2.05) is 0 Å². The maximum atomic E-state index is 13.8. The number of fused-ring (bicyclic) bond motifs is 2. The minimum absolute atomic E-state index is 0.114. The molecule has 4 saturated carbocycles. The molecule has 138 valence electrons. The first kappa shape index (κ1) is 15.7. The first-order chi connectivity index (χ1) is 12.4. The SMILES string of the molecule is C[C@]12CC3CC4(C(=O)N5CC[C@@H](N)C5)CC1(C3)[C@](c1ccccc1)(C4)C2. The fourth-order valence-electron chi connectivity index (χ4n) is 8.92. The molecule has 1 saturated heterocycles. The number of hydrogen-bond acceptors (Lipinski definition) is 2. The van der Waals surface area contributed by atoms with E-state index in [0.29, 0.717) is 16.7 Å². The van der Waals surface area contributed by atoms with Crippen molar-refractivity contribution in [2.75, 3.05) is 13.1 Å². The molecule has 3 nitrogen and oxygen atoms in total. The highest BCUT2D eigenvalue weighted by atomic mass is 16.2. The number of rotatable bonds is 2. The molecule has 1 amide bonds. The normalized spacial score (nSPS) is 50.8.